The Morgan fingerprint density at radius 1 is 1.07 bits per heavy atom. The average molecular weight is 415 g/mol. The highest BCUT2D eigenvalue weighted by Crippen LogP contribution is 2.36. The van der Waals surface area contributed by atoms with Gasteiger partial charge in [-0.05, 0) is 68.6 Å². The summed E-state index contributed by atoms with van der Waals surface area (Å²) in [5.74, 6) is 0.769. The molecule has 0 amide bonds. The Kier molecular flexibility index (Phi) is 11.2. The van der Waals surface area contributed by atoms with Crippen LogP contribution in [0.2, 0.25) is 0 Å². The van der Waals surface area contributed by atoms with Gasteiger partial charge in [-0.1, -0.05) is 59.1 Å². The van der Waals surface area contributed by atoms with Crippen LogP contribution in [0.3, 0.4) is 0 Å². The minimum absolute atomic E-state index is 0.0453. The molecule has 3 nitrogen and oxygen atoms in total. The molecule has 30 heavy (non-hydrogen) atoms. The monoisotopic (exact) mass is 414 g/mol. The lowest BCUT2D eigenvalue weighted by Crippen LogP contribution is -2.29. The van der Waals surface area contributed by atoms with E-state index in [9.17, 15) is 14.4 Å². The van der Waals surface area contributed by atoms with Crippen molar-refractivity contribution in [2.24, 2.45) is 17.8 Å². The summed E-state index contributed by atoms with van der Waals surface area (Å²) in [6, 6.07) is 4.22. The van der Waals surface area contributed by atoms with Crippen LogP contribution in [-0.2, 0) is 16.0 Å². The van der Waals surface area contributed by atoms with Gasteiger partial charge in [-0.25, -0.2) is 0 Å². The lowest BCUT2D eigenvalue weighted by atomic mass is 9.72. The summed E-state index contributed by atoms with van der Waals surface area (Å²) in [5.41, 5.74) is 4.38. The minimum Gasteiger partial charge on any atom is -0.300 e. The lowest BCUT2D eigenvalue weighted by molar-refractivity contribution is -0.129. The Morgan fingerprint density at radius 2 is 1.70 bits per heavy atom. The van der Waals surface area contributed by atoms with Gasteiger partial charge in [-0.15, -0.1) is 0 Å². The third-order valence-electron chi connectivity index (χ3n) is 6.22. The predicted octanol–water partition coefficient (Wildman–Crippen LogP) is 6.85. The van der Waals surface area contributed by atoms with E-state index in [4.69, 9.17) is 0 Å². The normalized spacial score (nSPS) is 17.4. The molecule has 3 atom stereocenters. The quantitative estimate of drug-likeness (QED) is 0.415. The zero-order chi connectivity index (χ0) is 22.8. The smallest absolute Gasteiger partial charge is 0.163 e. The Labute approximate surface area is 184 Å². The second-order valence-corrected chi connectivity index (χ2v) is 9.09. The maximum Gasteiger partial charge on any atom is 0.163 e. The number of benzene rings is 1. The van der Waals surface area contributed by atoms with E-state index in [1.807, 2.05) is 13.8 Å². The number of ketones is 3. The van der Waals surface area contributed by atoms with Gasteiger partial charge in [-0.2, -0.15) is 0 Å². The zero-order valence-corrected chi connectivity index (χ0v) is 20.3. The van der Waals surface area contributed by atoms with Gasteiger partial charge in [0, 0.05) is 17.9 Å². The summed E-state index contributed by atoms with van der Waals surface area (Å²) in [6.07, 6.45) is 6.45. The highest BCUT2D eigenvalue weighted by molar-refractivity contribution is 6.00. The van der Waals surface area contributed by atoms with E-state index in [2.05, 4.69) is 39.8 Å². The Balaban J connectivity index is 0.00000141. The summed E-state index contributed by atoms with van der Waals surface area (Å²) in [4.78, 5) is 36.8. The first-order valence-electron chi connectivity index (χ1n) is 11.8. The van der Waals surface area contributed by atoms with Crippen molar-refractivity contribution < 1.29 is 14.4 Å². The van der Waals surface area contributed by atoms with E-state index in [0.717, 1.165) is 48.8 Å². The number of rotatable bonds is 9. The van der Waals surface area contributed by atoms with Crippen LogP contribution in [0.15, 0.2) is 12.1 Å². The summed E-state index contributed by atoms with van der Waals surface area (Å²) in [7, 11) is 0. The molecule has 3 heteroatoms. The minimum atomic E-state index is -0.0647. The van der Waals surface area contributed by atoms with Gasteiger partial charge in [0.1, 0.15) is 11.6 Å². The van der Waals surface area contributed by atoms with Gasteiger partial charge in [0.05, 0.1) is 6.42 Å². The SMILES string of the molecule is CCC.CCCC(CC1CC(=O)c2c(ccc(C)c2C)C1)C(CC)C(=O)CC(C)=O. The molecule has 0 N–H and O–H groups in total. The van der Waals surface area contributed by atoms with E-state index in [1.54, 1.807) is 0 Å². The van der Waals surface area contributed by atoms with Gasteiger partial charge in [0.25, 0.3) is 0 Å². The predicted molar refractivity (Wildman–Crippen MR) is 125 cm³/mol. The van der Waals surface area contributed by atoms with Crippen molar-refractivity contribution in [1.82, 2.24) is 0 Å². The van der Waals surface area contributed by atoms with Crippen molar-refractivity contribution in [3.05, 3.63) is 34.4 Å². The molecule has 0 radical (unpaired) electrons. The molecule has 0 heterocycles. The van der Waals surface area contributed by atoms with Crippen LogP contribution in [0.5, 0.6) is 0 Å². The fourth-order valence-corrected chi connectivity index (χ4v) is 4.83. The first-order valence-corrected chi connectivity index (χ1v) is 11.8. The van der Waals surface area contributed by atoms with Crippen molar-refractivity contribution >= 4 is 17.3 Å². The molecular formula is C27H42O3. The molecule has 168 valence electrons. The first-order chi connectivity index (χ1) is 14.2. The molecule has 1 aliphatic carbocycles. The van der Waals surface area contributed by atoms with Crippen molar-refractivity contribution in [2.75, 3.05) is 0 Å². The van der Waals surface area contributed by atoms with Gasteiger partial charge < -0.3 is 0 Å². The van der Waals surface area contributed by atoms with Gasteiger partial charge in [0.2, 0.25) is 0 Å². The van der Waals surface area contributed by atoms with E-state index in [1.165, 1.54) is 18.9 Å². The number of hydrogen-bond acceptors (Lipinski definition) is 3. The molecular weight excluding hydrogens is 372 g/mol. The van der Waals surface area contributed by atoms with Gasteiger partial charge in [0.15, 0.2) is 5.78 Å². The molecule has 0 fully saturated rings. The number of aryl methyl sites for hydroxylation is 1. The number of carbonyl (C=O) groups is 3. The Morgan fingerprint density at radius 3 is 2.23 bits per heavy atom. The van der Waals surface area contributed by atoms with Crippen molar-refractivity contribution in [3.63, 3.8) is 0 Å². The summed E-state index contributed by atoms with van der Waals surface area (Å²) in [6.45, 7) is 14.0. The zero-order valence-electron chi connectivity index (χ0n) is 20.3. The maximum atomic E-state index is 12.8. The van der Waals surface area contributed by atoms with Crippen LogP contribution in [0.25, 0.3) is 0 Å². The van der Waals surface area contributed by atoms with E-state index < -0.39 is 0 Å². The molecule has 0 aliphatic heterocycles. The van der Waals surface area contributed by atoms with Crippen LogP contribution in [0.4, 0.5) is 0 Å². The molecule has 1 aliphatic rings. The highest BCUT2D eigenvalue weighted by atomic mass is 16.1. The molecule has 0 bridgehead atoms. The summed E-state index contributed by atoms with van der Waals surface area (Å²) < 4.78 is 0. The van der Waals surface area contributed by atoms with Crippen molar-refractivity contribution in [1.29, 1.82) is 0 Å². The van der Waals surface area contributed by atoms with Gasteiger partial charge in [-0.3, -0.25) is 14.4 Å². The summed E-state index contributed by atoms with van der Waals surface area (Å²) in [5, 5.41) is 0. The molecule has 0 spiro atoms. The van der Waals surface area contributed by atoms with E-state index in [0.29, 0.717) is 12.3 Å². The number of Topliss-reactive ketones (excluding diaryl/α,β-unsaturated/α-hetero) is 3. The van der Waals surface area contributed by atoms with Crippen molar-refractivity contribution in [3.8, 4) is 0 Å². The average Bonchev–Trinajstić information content (AvgIpc) is 2.65. The number of carbonyl (C=O) groups excluding carboxylic acids is 3. The molecule has 3 unspecified atom stereocenters. The third kappa shape index (κ3) is 7.18. The Hall–Kier alpha value is -1.77. The number of fused-ring (bicyclic) bond motifs is 1. The molecule has 0 saturated carbocycles. The number of hydrogen-bond donors (Lipinski definition) is 0. The fourth-order valence-electron chi connectivity index (χ4n) is 4.83. The van der Waals surface area contributed by atoms with Crippen molar-refractivity contribution in [2.45, 2.75) is 99.8 Å². The van der Waals surface area contributed by atoms with Gasteiger partial charge >= 0.3 is 0 Å². The second kappa shape index (κ2) is 12.8. The molecule has 0 aromatic heterocycles. The topological polar surface area (TPSA) is 51.2 Å². The molecule has 1 aromatic rings. The second-order valence-electron chi connectivity index (χ2n) is 9.09. The molecule has 0 saturated heterocycles. The third-order valence-corrected chi connectivity index (χ3v) is 6.22. The van der Waals surface area contributed by atoms with Crippen LogP contribution in [0.1, 0.15) is 107 Å². The highest BCUT2D eigenvalue weighted by Gasteiger charge is 2.33. The molecule has 1 aromatic carbocycles. The summed E-state index contributed by atoms with van der Waals surface area (Å²) >= 11 is 0. The maximum absolute atomic E-state index is 12.8. The lowest BCUT2D eigenvalue weighted by Gasteiger charge is -2.32. The van der Waals surface area contributed by atoms with Crippen LogP contribution < -0.4 is 0 Å². The Bertz CT molecular complexity index is 732. The van der Waals surface area contributed by atoms with E-state index in [-0.39, 0.29) is 35.6 Å². The van der Waals surface area contributed by atoms with Crippen LogP contribution >= 0.6 is 0 Å². The van der Waals surface area contributed by atoms with Crippen LogP contribution in [-0.4, -0.2) is 17.3 Å². The largest absolute Gasteiger partial charge is 0.300 e. The molecule has 2 rings (SSSR count). The van der Waals surface area contributed by atoms with Crippen LogP contribution in [0, 0.1) is 31.6 Å². The standard InChI is InChI=1S/C24H34O3.C3H8/c1-6-8-19(21(7-2)22(26)11-16(4)25)12-18-13-20-10-9-15(3)17(5)24(20)23(27)14-18;1-3-2/h9-10,18-19,21H,6-8,11-14H2,1-5H3;3H2,1-2H3. The van der Waals surface area contributed by atoms with E-state index >= 15 is 0 Å². The fraction of sp³-hybridized carbons (Fsp3) is 0.667. The first kappa shape index (κ1) is 26.3.